The monoisotopic (exact) mass is 638 g/mol. The van der Waals surface area contributed by atoms with Crippen LogP contribution in [0.2, 0.25) is 10.0 Å². The lowest BCUT2D eigenvalue weighted by Gasteiger charge is -2.40. The molecular formula is C35H36Cl2N8. The van der Waals surface area contributed by atoms with Crippen molar-refractivity contribution in [3.8, 4) is 6.07 Å². The van der Waals surface area contributed by atoms with Crippen molar-refractivity contribution in [1.82, 2.24) is 24.9 Å². The van der Waals surface area contributed by atoms with Gasteiger partial charge in [0.25, 0.3) is 0 Å². The molecule has 1 aliphatic rings. The van der Waals surface area contributed by atoms with Crippen LogP contribution < -0.4 is 10.6 Å². The van der Waals surface area contributed by atoms with E-state index in [0.717, 1.165) is 53.8 Å². The van der Waals surface area contributed by atoms with Gasteiger partial charge in [0.05, 0.1) is 40.7 Å². The molecule has 3 heterocycles. The van der Waals surface area contributed by atoms with Gasteiger partial charge >= 0.3 is 0 Å². The molecule has 1 aliphatic heterocycles. The zero-order valence-electron chi connectivity index (χ0n) is 25.9. The minimum atomic E-state index is -0.363. The maximum Gasteiger partial charge on any atom is 0.109 e. The number of pyridine rings is 1. The van der Waals surface area contributed by atoms with Gasteiger partial charge in [-0.25, -0.2) is 4.68 Å². The average Bonchev–Trinajstić information content (AvgIpc) is 3.50. The summed E-state index contributed by atoms with van der Waals surface area (Å²) in [6.45, 7) is 10.9. The summed E-state index contributed by atoms with van der Waals surface area (Å²) in [5, 5.41) is 28.2. The largest absolute Gasteiger partial charge is 0.371 e. The molecule has 230 valence electrons. The molecule has 10 heteroatoms. The summed E-state index contributed by atoms with van der Waals surface area (Å²) in [5.74, 6) is 0. The van der Waals surface area contributed by atoms with Crippen molar-refractivity contribution in [2.45, 2.75) is 58.2 Å². The highest BCUT2D eigenvalue weighted by atomic mass is 35.5. The lowest BCUT2D eigenvalue weighted by Crippen LogP contribution is -2.46. The fourth-order valence-electron chi connectivity index (χ4n) is 6.01. The van der Waals surface area contributed by atoms with Gasteiger partial charge in [-0.3, -0.25) is 9.88 Å². The lowest BCUT2D eigenvalue weighted by atomic mass is 9.98. The Bertz CT molecular complexity index is 1860. The first-order chi connectivity index (χ1) is 21.6. The molecular weight excluding hydrogens is 603 g/mol. The highest BCUT2D eigenvalue weighted by molar-refractivity contribution is 6.32. The molecule has 0 amide bonds. The molecule has 6 rings (SSSR count). The van der Waals surface area contributed by atoms with E-state index in [9.17, 15) is 5.26 Å². The smallest absolute Gasteiger partial charge is 0.109 e. The lowest BCUT2D eigenvalue weighted by molar-refractivity contribution is 0.0866. The Kier molecular flexibility index (Phi) is 8.69. The Labute approximate surface area is 274 Å². The van der Waals surface area contributed by atoms with Crippen LogP contribution in [0, 0.1) is 18.3 Å². The van der Waals surface area contributed by atoms with E-state index in [1.165, 1.54) is 0 Å². The van der Waals surface area contributed by atoms with Gasteiger partial charge in [-0.1, -0.05) is 52.7 Å². The second-order valence-electron chi connectivity index (χ2n) is 12.6. The minimum Gasteiger partial charge on any atom is -0.371 e. The minimum absolute atomic E-state index is 0.152. The molecule has 0 bridgehead atoms. The topological polar surface area (TPSA) is 94.7 Å². The first-order valence-corrected chi connectivity index (χ1v) is 15.9. The molecule has 0 aliphatic carbocycles. The number of nitriles is 1. The van der Waals surface area contributed by atoms with Crippen molar-refractivity contribution in [2.24, 2.45) is 0 Å². The van der Waals surface area contributed by atoms with E-state index < -0.39 is 0 Å². The normalized spacial score (nSPS) is 15.1. The molecule has 3 aromatic carbocycles. The van der Waals surface area contributed by atoms with Gasteiger partial charge in [-0.2, -0.15) is 5.26 Å². The number of fused-ring (bicyclic) bond motifs is 1. The summed E-state index contributed by atoms with van der Waals surface area (Å²) >= 11 is 13.0. The van der Waals surface area contributed by atoms with E-state index in [0.29, 0.717) is 32.5 Å². The number of likely N-dealkylation sites (tertiary alicyclic amines) is 1. The maximum absolute atomic E-state index is 9.97. The number of rotatable bonds is 7. The Morgan fingerprint density at radius 3 is 2.44 bits per heavy atom. The molecule has 1 saturated heterocycles. The first kappa shape index (κ1) is 30.8. The van der Waals surface area contributed by atoms with Crippen molar-refractivity contribution < 1.29 is 0 Å². The summed E-state index contributed by atoms with van der Waals surface area (Å²) in [5.41, 5.74) is 6.33. The van der Waals surface area contributed by atoms with Gasteiger partial charge in [0, 0.05) is 45.9 Å². The number of nitrogens with one attached hydrogen (secondary N) is 2. The number of aromatic nitrogens is 4. The van der Waals surface area contributed by atoms with Gasteiger partial charge in [0.2, 0.25) is 0 Å². The predicted octanol–water partition coefficient (Wildman–Crippen LogP) is 8.69. The van der Waals surface area contributed by atoms with Crippen molar-refractivity contribution in [3.63, 3.8) is 0 Å². The number of aryl methyl sites for hydroxylation is 1. The Morgan fingerprint density at radius 1 is 1.00 bits per heavy atom. The molecule has 1 atom stereocenters. The van der Waals surface area contributed by atoms with E-state index in [1.54, 1.807) is 6.20 Å². The van der Waals surface area contributed by atoms with Crippen molar-refractivity contribution in [2.75, 3.05) is 23.7 Å². The molecule has 1 fully saturated rings. The number of halogens is 2. The second kappa shape index (κ2) is 12.7. The zero-order valence-corrected chi connectivity index (χ0v) is 27.4. The first-order valence-electron chi connectivity index (χ1n) is 15.1. The van der Waals surface area contributed by atoms with Crippen LogP contribution in [0.25, 0.3) is 10.9 Å². The molecule has 2 aromatic heterocycles. The Morgan fingerprint density at radius 2 is 1.76 bits per heavy atom. The average molecular weight is 640 g/mol. The quantitative estimate of drug-likeness (QED) is 0.184. The number of anilines is 3. The highest BCUT2D eigenvalue weighted by Gasteiger charge is 2.29. The number of hydrogen-bond donors (Lipinski definition) is 2. The van der Waals surface area contributed by atoms with Crippen LogP contribution in [0.1, 0.15) is 68.1 Å². The van der Waals surface area contributed by atoms with Crippen LogP contribution >= 0.6 is 23.2 Å². The molecule has 8 nitrogen and oxygen atoms in total. The molecule has 45 heavy (non-hydrogen) atoms. The summed E-state index contributed by atoms with van der Waals surface area (Å²) in [4.78, 5) is 7.25. The number of nitrogens with zero attached hydrogens (tertiary/aromatic N) is 6. The molecule has 0 spiro atoms. The third-order valence-corrected chi connectivity index (χ3v) is 8.93. The fraction of sp³-hybridized carbons (Fsp3) is 0.314. The summed E-state index contributed by atoms with van der Waals surface area (Å²) < 4.78 is 2.01. The summed E-state index contributed by atoms with van der Waals surface area (Å²) in [6.07, 6.45) is 5.67. The van der Waals surface area contributed by atoms with Gasteiger partial charge in [0.15, 0.2) is 0 Å². The van der Waals surface area contributed by atoms with Gasteiger partial charge in [0.1, 0.15) is 11.8 Å². The van der Waals surface area contributed by atoms with Crippen molar-refractivity contribution in [1.29, 1.82) is 5.26 Å². The Balaban J connectivity index is 1.37. The van der Waals surface area contributed by atoms with E-state index in [-0.39, 0.29) is 17.6 Å². The highest BCUT2D eigenvalue weighted by Crippen LogP contribution is 2.38. The van der Waals surface area contributed by atoms with Gasteiger partial charge in [-0.05, 0) is 88.1 Å². The van der Waals surface area contributed by atoms with Crippen molar-refractivity contribution >= 4 is 51.2 Å². The third-order valence-electron chi connectivity index (χ3n) is 8.46. The zero-order chi connectivity index (χ0) is 31.7. The van der Waals surface area contributed by atoms with E-state index in [1.807, 2.05) is 78.5 Å². The fourth-order valence-corrected chi connectivity index (χ4v) is 6.35. The SMILES string of the molecule is Cc1cccc(Nc2c(C#N)cnc3c(N[C@@H](c4ccc(Cl)cc4)c4cn(C5CCN(C(C)(C)C)CC5)nn4)cc(Cl)cc23)c1. The molecule has 5 aromatic rings. The van der Waals surface area contributed by atoms with Crippen LogP contribution in [0.5, 0.6) is 0 Å². The van der Waals surface area contributed by atoms with E-state index >= 15 is 0 Å². The van der Waals surface area contributed by atoms with Crippen LogP contribution in [0.3, 0.4) is 0 Å². The van der Waals surface area contributed by atoms with Gasteiger partial charge < -0.3 is 10.6 Å². The van der Waals surface area contributed by atoms with Crippen LogP contribution in [-0.2, 0) is 0 Å². The molecule has 0 radical (unpaired) electrons. The van der Waals surface area contributed by atoms with Crippen molar-refractivity contribution in [3.05, 3.63) is 105 Å². The van der Waals surface area contributed by atoms with E-state index in [2.05, 4.69) is 52.7 Å². The standard InChI is InChI=1S/C35H36Cl2N8/c1-22-6-5-7-27(16-22)40-32-24(19-38)20-39-34-29(32)17-26(37)18-30(34)41-33(23-8-10-25(36)11-9-23)31-21-45(43-42-31)28-12-14-44(15-13-28)35(2,3)4/h5-11,16-18,20-21,28,33,41H,12-15H2,1-4H3,(H,39,40)/t33-/m0/s1. The van der Waals surface area contributed by atoms with Crippen LogP contribution in [0.15, 0.2) is 73.1 Å². The molecule has 0 unspecified atom stereocenters. The second-order valence-corrected chi connectivity index (χ2v) is 13.5. The van der Waals surface area contributed by atoms with Crippen LogP contribution in [0.4, 0.5) is 17.1 Å². The number of piperidine rings is 1. The third kappa shape index (κ3) is 6.76. The maximum atomic E-state index is 9.97. The summed E-state index contributed by atoms with van der Waals surface area (Å²) in [6, 6.07) is 21.6. The Hall–Kier alpha value is -4.16. The number of hydrogen-bond acceptors (Lipinski definition) is 7. The molecule has 2 N–H and O–H groups in total. The molecule has 0 saturated carbocycles. The van der Waals surface area contributed by atoms with Crippen LogP contribution in [-0.4, -0.2) is 43.5 Å². The van der Waals surface area contributed by atoms with Gasteiger partial charge in [-0.15, -0.1) is 5.10 Å². The number of benzene rings is 3. The van der Waals surface area contributed by atoms with E-state index in [4.69, 9.17) is 28.2 Å². The predicted molar refractivity (Wildman–Crippen MR) is 182 cm³/mol. The summed E-state index contributed by atoms with van der Waals surface area (Å²) in [7, 11) is 0.